The van der Waals surface area contributed by atoms with Gasteiger partial charge in [-0.2, -0.15) is 0 Å². The molecule has 0 radical (unpaired) electrons. The molecule has 0 bridgehead atoms. The summed E-state index contributed by atoms with van der Waals surface area (Å²) in [6, 6.07) is 8.86. The fraction of sp³-hybridized carbons (Fsp3) is 0.133. The van der Waals surface area contributed by atoms with Crippen LogP contribution in [0.3, 0.4) is 0 Å². The van der Waals surface area contributed by atoms with Crippen LogP contribution in [0.15, 0.2) is 34.8 Å². The van der Waals surface area contributed by atoms with Crippen molar-refractivity contribution in [3.63, 3.8) is 0 Å². The van der Waals surface area contributed by atoms with Crippen LogP contribution in [0.25, 0.3) is 0 Å². The van der Waals surface area contributed by atoms with E-state index in [9.17, 15) is 4.79 Å². The van der Waals surface area contributed by atoms with Crippen molar-refractivity contribution in [1.29, 1.82) is 0 Å². The van der Waals surface area contributed by atoms with Crippen molar-refractivity contribution in [2.75, 3.05) is 18.1 Å². The van der Waals surface area contributed by atoms with Crippen molar-refractivity contribution in [2.45, 2.75) is 6.92 Å². The van der Waals surface area contributed by atoms with Crippen molar-refractivity contribution < 1.29 is 4.79 Å². The summed E-state index contributed by atoms with van der Waals surface area (Å²) >= 11 is 9.62. The van der Waals surface area contributed by atoms with Gasteiger partial charge < -0.3 is 16.4 Å². The summed E-state index contributed by atoms with van der Waals surface area (Å²) in [4.78, 5) is 11.6. The third kappa shape index (κ3) is 3.49. The lowest BCUT2D eigenvalue weighted by atomic mass is 10.1. The topological polar surface area (TPSA) is 67.2 Å². The standard InChI is InChI=1S/C15H15BrClN3O/c1-8-5-10(16)14(7-11(8)17)20-13-4-3-9(6-12(13)18)15(21)19-2/h3-7,20H,18H2,1-2H3,(H,19,21). The Labute approximate surface area is 136 Å². The Balaban J connectivity index is 2.32. The van der Waals surface area contributed by atoms with Gasteiger partial charge in [0.1, 0.15) is 0 Å². The van der Waals surface area contributed by atoms with Crippen LogP contribution in [0.2, 0.25) is 5.02 Å². The van der Waals surface area contributed by atoms with Crippen LogP contribution >= 0.6 is 27.5 Å². The Morgan fingerprint density at radius 2 is 1.95 bits per heavy atom. The average molecular weight is 369 g/mol. The number of halogens is 2. The lowest BCUT2D eigenvalue weighted by Gasteiger charge is -2.13. The molecule has 0 spiro atoms. The highest BCUT2D eigenvalue weighted by atomic mass is 79.9. The first-order valence-corrected chi connectivity index (χ1v) is 7.43. The molecule has 4 N–H and O–H groups in total. The van der Waals surface area contributed by atoms with Gasteiger partial charge in [-0.05, 0) is 58.7 Å². The molecule has 6 heteroatoms. The molecule has 2 rings (SSSR count). The Kier molecular flexibility index (Phi) is 4.75. The molecule has 21 heavy (non-hydrogen) atoms. The van der Waals surface area contributed by atoms with Crippen LogP contribution in [0.5, 0.6) is 0 Å². The van der Waals surface area contributed by atoms with Crippen LogP contribution < -0.4 is 16.4 Å². The summed E-state index contributed by atoms with van der Waals surface area (Å²) in [6.07, 6.45) is 0. The summed E-state index contributed by atoms with van der Waals surface area (Å²) in [5.74, 6) is -0.173. The zero-order valence-corrected chi connectivity index (χ0v) is 14.0. The van der Waals surface area contributed by atoms with Gasteiger partial charge in [0.25, 0.3) is 5.91 Å². The molecular weight excluding hydrogens is 354 g/mol. The van der Waals surface area contributed by atoms with Gasteiger partial charge in [0, 0.05) is 22.1 Å². The molecule has 2 aromatic rings. The molecule has 1 amide bonds. The van der Waals surface area contributed by atoms with Gasteiger partial charge >= 0.3 is 0 Å². The maximum Gasteiger partial charge on any atom is 0.251 e. The lowest BCUT2D eigenvalue weighted by Crippen LogP contribution is -2.17. The van der Waals surface area contributed by atoms with Gasteiger partial charge in [-0.3, -0.25) is 4.79 Å². The lowest BCUT2D eigenvalue weighted by molar-refractivity contribution is 0.0963. The predicted octanol–water partition coefficient (Wildman–Crippen LogP) is 4.10. The maximum atomic E-state index is 11.6. The number of nitrogen functional groups attached to an aromatic ring is 1. The van der Waals surface area contributed by atoms with Crippen molar-refractivity contribution in [1.82, 2.24) is 5.32 Å². The number of aryl methyl sites for hydroxylation is 1. The van der Waals surface area contributed by atoms with Gasteiger partial charge in [0.05, 0.1) is 17.1 Å². The summed E-state index contributed by atoms with van der Waals surface area (Å²) in [5.41, 5.74) is 9.50. The number of amides is 1. The van der Waals surface area contributed by atoms with E-state index >= 15 is 0 Å². The van der Waals surface area contributed by atoms with E-state index in [1.54, 1.807) is 25.2 Å². The molecule has 0 saturated heterocycles. The van der Waals surface area contributed by atoms with Gasteiger partial charge in [-0.25, -0.2) is 0 Å². The summed E-state index contributed by atoms with van der Waals surface area (Å²) in [6.45, 7) is 1.93. The average Bonchev–Trinajstić information content (AvgIpc) is 2.45. The molecule has 4 nitrogen and oxygen atoms in total. The number of carbonyl (C=O) groups is 1. The quantitative estimate of drug-likeness (QED) is 0.715. The SMILES string of the molecule is CNC(=O)c1ccc(Nc2cc(Cl)c(C)cc2Br)c(N)c1. The number of hydrogen-bond donors (Lipinski definition) is 3. The Morgan fingerprint density at radius 1 is 1.24 bits per heavy atom. The minimum atomic E-state index is -0.173. The van der Waals surface area contributed by atoms with Crippen LogP contribution in [-0.2, 0) is 0 Å². The number of carbonyl (C=O) groups excluding carboxylic acids is 1. The minimum absolute atomic E-state index is 0.173. The highest BCUT2D eigenvalue weighted by molar-refractivity contribution is 9.10. The second-order valence-corrected chi connectivity index (χ2v) is 5.85. The van der Waals surface area contributed by atoms with E-state index in [1.165, 1.54) is 0 Å². The fourth-order valence-corrected chi connectivity index (χ4v) is 2.57. The molecule has 0 unspecified atom stereocenters. The highest BCUT2D eigenvalue weighted by Crippen LogP contribution is 2.33. The Morgan fingerprint density at radius 3 is 2.57 bits per heavy atom. The third-order valence-electron chi connectivity index (χ3n) is 3.06. The maximum absolute atomic E-state index is 11.6. The molecule has 0 aliphatic heterocycles. The zero-order valence-electron chi connectivity index (χ0n) is 11.6. The largest absolute Gasteiger partial charge is 0.397 e. The summed E-state index contributed by atoms with van der Waals surface area (Å²) in [7, 11) is 1.58. The third-order valence-corrected chi connectivity index (χ3v) is 4.12. The van der Waals surface area contributed by atoms with Crippen LogP contribution in [0.4, 0.5) is 17.1 Å². The van der Waals surface area contributed by atoms with Gasteiger partial charge in [0.2, 0.25) is 0 Å². The molecule has 0 aliphatic rings. The first kappa shape index (κ1) is 15.7. The molecule has 0 atom stereocenters. The number of benzene rings is 2. The molecule has 0 aromatic heterocycles. The summed E-state index contributed by atoms with van der Waals surface area (Å²) in [5, 5.41) is 6.43. The van der Waals surface area contributed by atoms with E-state index in [0.717, 1.165) is 15.7 Å². The van der Waals surface area contributed by atoms with E-state index in [2.05, 4.69) is 26.6 Å². The highest BCUT2D eigenvalue weighted by Gasteiger charge is 2.09. The van der Waals surface area contributed by atoms with Crippen molar-refractivity contribution in [2.24, 2.45) is 0 Å². The predicted molar refractivity (Wildman–Crippen MR) is 91.4 cm³/mol. The zero-order chi connectivity index (χ0) is 15.6. The Bertz CT molecular complexity index is 704. The van der Waals surface area contributed by atoms with E-state index in [1.807, 2.05) is 19.1 Å². The second-order valence-electron chi connectivity index (χ2n) is 4.59. The molecule has 0 heterocycles. The number of nitrogens with two attached hydrogens (primary N) is 1. The number of hydrogen-bond acceptors (Lipinski definition) is 3. The molecule has 110 valence electrons. The summed E-state index contributed by atoms with van der Waals surface area (Å²) < 4.78 is 0.888. The van der Waals surface area contributed by atoms with E-state index < -0.39 is 0 Å². The van der Waals surface area contributed by atoms with Crippen LogP contribution in [0.1, 0.15) is 15.9 Å². The van der Waals surface area contributed by atoms with Crippen LogP contribution in [-0.4, -0.2) is 13.0 Å². The Hall–Kier alpha value is -1.72. The van der Waals surface area contributed by atoms with Gasteiger partial charge in [-0.1, -0.05) is 11.6 Å². The monoisotopic (exact) mass is 367 g/mol. The number of rotatable bonds is 3. The molecular formula is C15H15BrClN3O. The first-order chi connectivity index (χ1) is 9.92. The number of nitrogens with one attached hydrogen (secondary N) is 2. The normalized spacial score (nSPS) is 10.3. The van der Waals surface area contributed by atoms with Crippen molar-refractivity contribution in [3.8, 4) is 0 Å². The van der Waals surface area contributed by atoms with Crippen molar-refractivity contribution >= 4 is 50.5 Å². The first-order valence-electron chi connectivity index (χ1n) is 6.26. The van der Waals surface area contributed by atoms with Gasteiger partial charge in [-0.15, -0.1) is 0 Å². The van der Waals surface area contributed by atoms with Crippen molar-refractivity contribution in [3.05, 3.63) is 51.0 Å². The minimum Gasteiger partial charge on any atom is -0.397 e. The molecule has 0 saturated carbocycles. The van der Waals surface area contributed by atoms with E-state index in [-0.39, 0.29) is 5.91 Å². The van der Waals surface area contributed by atoms with E-state index in [0.29, 0.717) is 22.0 Å². The molecule has 0 fully saturated rings. The second kappa shape index (κ2) is 6.37. The molecule has 0 aliphatic carbocycles. The fourth-order valence-electron chi connectivity index (χ4n) is 1.85. The van der Waals surface area contributed by atoms with Gasteiger partial charge in [0.15, 0.2) is 0 Å². The molecule has 2 aromatic carbocycles. The smallest absolute Gasteiger partial charge is 0.251 e. The van der Waals surface area contributed by atoms with E-state index in [4.69, 9.17) is 17.3 Å². The van der Waals surface area contributed by atoms with Crippen LogP contribution in [0, 0.1) is 6.92 Å². The number of anilines is 3.